The van der Waals surface area contributed by atoms with Crippen LogP contribution in [-0.2, 0) is 6.42 Å². The Bertz CT molecular complexity index is 351. The highest BCUT2D eigenvalue weighted by atomic mass is 16.5. The first-order valence-electron chi connectivity index (χ1n) is 4.00. The van der Waals surface area contributed by atoms with Crippen LogP contribution in [0.2, 0.25) is 0 Å². The van der Waals surface area contributed by atoms with Crippen LogP contribution in [-0.4, -0.2) is 28.1 Å². The molecule has 0 saturated heterocycles. The molecular weight excluding hydrogens is 184 g/mol. The molecule has 0 aliphatic rings. The fourth-order valence-electron chi connectivity index (χ4n) is 0.973. The highest BCUT2D eigenvalue weighted by molar-refractivity contribution is 5.82. The molecule has 0 amide bonds. The molecule has 1 heterocycles. The lowest BCUT2D eigenvalue weighted by Gasteiger charge is -2.04. The topological polar surface area (TPSA) is 93.6 Å². The van der Waals surface area contributed by atoms with Crippen LogP contribution in [0, 0.1) is 6.92 Å². The van der Waals surface area contributed by atoms with Gasteiger partial charge in [-0.1, -0.05) is 5.16 Å². The maximum absolute atomic E-state index is 8.39. The molecule has 0 atom stereocenters. The summed E-state index contributed by atoms with van der Waals surface area (Å²) in [5.41, 5.74) is 6.92. The first kappa shape index (κ1) is 10.2. The number of amidine groups is 1. The van der Waals surface area contributed by atoms with Gasteiger partial charge in [0.25, 0.3) is 0 Å². The quantitative estimate of drug-likeness (QED) is 0.309. The third-order valence-electron chi connectivity index (χ3n) is 1.74. The molecule has 0 fully saturated rings. The van der Waals surface area contributed by atoms with Crippen LogP contribution in [0.3, 0.4) is 0 Å². The van der Waals surface area contributed by atoms with Gasteiger partial charge in [-0.15, -0.1) is 0 Å². The van der Waals surface area contributed by atoms with Crippen molar-refractivity contribution in [3.63, 3.8) is 0 Å². The van der Waals surface area contributed by atoms with E-state index in [-0.39, 0.29) is 5.84 Å². The molecule has 1 rings (SSSR count). The lowest BCUT2D eigenvalue weighted by atomic mass is 10.2. The monoisotopic (exact) mass is 196 g/mol. The Morgan fingerprint density at radius 3 is 2.93 bits per heavy atom. The van der Waals surface area contributed by atoms with Crippen LogP contribution < -0.4 is 10.5 Å². The number of aryl methyl sites for hydroxylation is 1. The van der Waals surface area contributed by atoms with Crippen molar-refractivity contribution < 1.29 is 9.94 Å². The molecule has 1 aromatic heterocycles. The number of oxime groups is 1. The number of rotatable bonds is 3. The van der Waals surface area contributed by atoms with E-state index in [0.29, 0.717) is 12.4 Å². The SMILES string of the molecule is COc1ncc(C/C(N)=N/O)c(C)n1. The van der Waals surface area contributed by atoms with Gasteiger partial charge >= 0.3 is 6.01 Å². The number of hydrogen-bond donors (Lipinski definition) is 2. The zero-order chi connectivity index (χ0) is 10.6. The lowest BCUT2D eigenvalue weighted by molar-refractivity contribution is 0.317. The van der Waals surface area contributed by atoms with E-state index in [0.717, 1.165) is 11.3 Å². The highest BCUT2D eigenvalue weighted by Crippen LogP contribution is 2.08. The summed E-state index contributed by atoms with van der Waals surface area (Å²) in [5, 5.41) is 11.3. The summed E-state index contributed by atoms with van der Waals surface area (Å²) in [6, 6.07) is 0.311. The average Bonchev–Trinajstić information content (AvgIpc) is 2.20. The number of hydrogen-bond acceptors (Lipinski definition) is 5. The third kappa shape index (κ3) is 2.32. The Hall–Kier alpha value is -1.85. The van der Waals surface area contributed by atoms with Gasteiger partial charge in [-0.3, -0.25) is 0 Å². The first-order chi connectivity index (χ1) is 6.67. The van der Waals surface area contributed by atoms with Crippen molar-refractivity contribution in [2.24, 2.45) is 10.9 Å². The molecule has 0 bridgehead atoms. The van der Waals surface area contributed by atoms with Crippen LogP contribution in [0.5, 0.6) is 6.01 Å². The second kappa shape index (κ2) is 4.40. The van der Waals surface area contributed by atoms with Gasteiger partial charge in [-0.2, -0.15) is 0 Å². The van der Waals surface area contributed by atoms with Crippen molar-refractivity contribution in [2.45, 2.75) is 13.3 Å². The predicted octanol–water partition coefficient (Wildman–Crippen LogP) is 0.0825. The molecule has 0 aliphatic heterocycles. The van der Waals surface area contributed by atoms with E-state index < -0.39 is 0 Å². The van der Waals surface area contributed by atoms with Crippen LogP contribution in [0.25, 0.3) is 0 Å². The normalized spacial score (nSPS) is 11.4. The van der Waals surface area contributed by atoms with E-state index in [1.807, 2.05) is 6.92 Å². The van der Waals surface area contributed by atoms with Gasteiger partial charge < -0.3 is 15.7 Å². The summed E-state index contributed by atoms with van der Waals surface area (Å²) in [4.78, 5) is 7.97. The third-order valence-corrected chi connectivity index (χ3v) is 1.74. The highest BCUT2D eigenvalue weighted by Gasteiger charge is 2.05. The molecule has 6 nitrogen and oxygen atoms in total. The van der Waals surface area contributed by atoms with E-state index in [4.69, 9.17) is 15.7 Å². The van der Waals surface area contributed by atoms with Gasteiger partial charge in [0, 0.05) is 18.3 Å². The number of ether oxygens (including phenoxy) is 1. The minimum Gasteiger partial charge on any atom is -0.467 e. The molecule has 76 valence electrons. The van der Waals surface area contributed by atoms with E-state index in [1.54, 1.807) is 6.20 Å². The van der Waals surface area contributed by atoms with Gasteiger partial charge in [-0.25, -0.2) is 9.97 Å². The van der Waals surface area contributed by atoms with Crippen LogP contribution >= 0.6 is 0 Å². The Kier molecular flexibility index (Phi) is 3.22. The van der Waals surface area contributed by atoms with Gasteiger partial charge in [0.15, 0.2) is 0 Å². The van der Waals surface area contributed by atoms with E-state index in [1.165, 1.54) is 7.11 Å². The molecule has 14 heavy (non-hydrogen) atoms. The van der Waals surface area contributed by atoms with Crippen molar-refractivity contribution in [1.29, 1.82) is 0 Å². The van der Waals surface area contributed by atoms with Crippen molar-refractivity contribution in [3.8, 4) is 6.01 Å². The summed E-state index contributed by atoms with van der Waals surface area (Å²) in [5.74, 6) is 0.127. The van der Waals surface area contributed by atoms with Gasteiger partial charge in [0.05, 0.1) is 7.11 Å². The Morgan fingerprint density at radius 2 is 2.43 bits per heavy atom. The second-order valence-corrected chi connectivity index (χ2v) is 2.74. The van der Waals surface area contributed by atoms with Crippen LogP contribution in [0.4, 0.5) is 0 Å². The summed E-state index contributed by atoms with van der Waals surface area (Å²) in [7, 11) is 1.50. The van der Waals surface area contributed by atoms with Gasteiger partial charge in [0.2, 0.25) is 0 Å². The molecule has 0 saturated carbocycles. The predicted molar refractivity (Wildman–Crippen MR) is 50.4 cm³/mol. The van der Waals surface area contributed by atoms with Gasteiger partial charge in [0.1, 0.15) is 5.84 Å². The summed E-state index contributed by atoms with van der Waals surface area (Å²) in [6.07, 6.45) is 1.92. The minimum absolute atomic E-state index is 0.127. The standard InChI is InChI=1S/C8H12N4O2/c1-5-6(3-7(9)12-13)4-10-8(11-5)14-2/h4,13H,3H2,1-2H3,(H2,9,12). The second-order valence-electron chi connectivity index (χ2n) is 2.74. The maximum atomic E-state index is 8.39. The zero-order valence-corrected chi connectivity index (χ0v) is 8.06. The molecule has 0 aliphatic carbocycles. The lowest BCUT2D eigenvalue weighted by Crippen LogP contribution is -2.16. The minimum atomic E-state index is 0.127. The number of nitrogens with zero attached hydrogens (tertiary/aromatic N) is 3. The average molecular weight is 196 g/mol. The summed E-state index contributed by atoms with van der Waals surface area (Å²) in [6.45, 7) is 1.81. The summed E-state index contributed by atoms with van der Waals surface area (Å²) < 4.78 is 4.85. The first-order valence-corrected chi connectivity index (χ1v) is 4.00. The Labute approximate surface area is 81.4 Å². The molecule has 0 spiro atoms. The van der Waals surface area contributed by atoms with Crippen molar-refractivity contribution in [1.82, 2.24) is 9.97 Å². The van der Waals surface area contributed by atoms with Crippen molar-refractivity contribution in [3.05, 3.63) is 17.5 Å². The fourth-order valence-corrected chi connectivity index (χ4v) is 0.973. The van der Waals surface area contributed by atoms with E-state index in [2.05, 4.69) is 15.1 Å². The molecule has 0 unspecified atom stereocenters. The van der Waals surface area contributed by atoms with E-state index >= 15 is 0 Å². The smallest absolute Gasteiger partial charge is 0.316 e. The van der Waals surface area contributed by atoms with Crippen LogP contribution in [0.1, 0.15) is 11.3 Å². The molecule has 0 radical (unpaired) electrons. The largest absolute Gasteiger partial charge is 0.467 e. The Balaban J connectivity index is 2.89. The maximum Gasteiger partial charge on any atom is 0.316 e. The van der Waals surface area contributed by atoms with Crippen molar-refractivity contribution in [2.75, 3.05) is 7.11 Å². The fraction of sp³-hybridized carbons (Fsp3) is 0.375. The van der Waals surface area contributed by atoms with E-state index in [9.17, 15) is 0 Å². The molecule has 0 aromatic carbocycles. The van der Waals surface area contributed by atoms with Crippen LogP contribution in [0.15, 0.2) is 11.4 Å². The summed E-state index contributed by atoms with van der Waals surface area (Å²) >= 11 is 0. The molecule has 1 aromatic rings. The molecule has 3 N–H and O–H groups in total. The number of methoxy groups -OCH3 is 1. The number of nitrogens with two attached hydrogens (primary N) is 1. The molecular formula is C8H12N4O2. The number of aromatic nitrogens is 2. The van der Waals surface area contributed by atoms with Gasteiger partial charge in [-0.05, 0) is 12.5 Å². The van der Waals surface area contributed by atoms with Crippen molar-refractivity contribution >= 4 is 5.84 Å². The zero-order valence-electron chi connectivity index (χ0n) is 8.06. The molecule has 6 heteroatoms. The Morgan fingerprint density at radius 1 is 1.71 bits per heavy atom.